The summed E-state index contributed by atoms with van der Waals surface area (Å²) in [4.78, 5) is 2.50. The summed E-state index contributed by atoms with van der Waals surface area (Å²) < 4.78 is 33.7. The Labute approximate surface area is 126 Å². The van der Waals surface area contributed by atoms with Crippen molar-refractivity contribution in [3.05, 3.63) is 0 Å². The fraction of sp³-hybridized carbons (Fsp3) is 1.00. The van der Waals surface area contributed by atoms with Crippen LogP contribution in [0, 0.1) is 11.8 Å². The molecule has 0 spiro atoms. The van der Waals surface area contributed by atoms with Gasteiger partial charge in [-0.25, -0.2) is 8.78 Å². The smallest absolute Gasteiger partial charge is 0.265 e. The van der Waals surface area contributed by atoms with Crippen molar-refractivity contribution in [2.75, 3.05) is 13.1 Å². The lowest BCUT2D eigenvalue weighted by molar-refractivity contribution is -0.155. The SMILES string of the molecule is CC(C)N1C[C@H]2CC[C@@H](C1)[C@H]2O[C@H]1CCCC(F)(F)[C@@H]1N. The van der Waals surface area contributed by atoms with Crippen LogP contribution in [0.5, 0.6) is 0 Å². The van der Waals surface area contributed by atoms with E-state index in [-0.39, 0.29) is 12.5 Å². The number of fused-ring (bicyclic) bond motifs is 2. The first kappa shape index (κ1) is 15.6. The maximum absolute atomic E-state index is 13.8. The van der Waals surface area contributed by atoms with Crippen molar-refractivity contribution in [3.63, 3.8) is 0 Å². The second kappa shape index (κ2) is 5.74. The molecule has 122 valence electrons. The third-order valence-electron chi connectivity index (χ3n) is 5.72. The number of nitrogens with zero attached hydrogens (tertiary/aromatic N) is 1. The molecule has 1 heterocycles. The molecular weight excluding hydrogens is 274 g/mol. The highest BCUT2D eigenvalue weighted by Crippen LogP contribution is 2.42. The van der Waals surface area contributed by atoms with E-state index in [2.05, 4.69) is 18.7 Å². The van der Waals surface area contributed by atoms with Crippen LogP contribution in [-0.2, 0) is 4.74 Å². The van der Waals surface area contributed by atoms with Gasteiger partial charge in [0.15, 0.2) is 0 Å². The lowest BCUT2D eigenvalue weighted by Gasteiger charge is -2.43. The highest BCUT2D eigenvalue weighted by atomic mass is 19.3. The Hall–Kier alpha value is -0.260. The molecule has 21 heavy (non-hydrogen) atoms. The van der Waals surface area contributed by atoms with E-state index in [0.29, 0.717) is 30.7 Å². The van der Waals surface area contributed by atoms with Crippen molar-refractivity contribution in [3.8, 4) is 0 Å². The van der Waals surface area contributed by atoms with Crippen LogP contribution in [0.1, 0.15) is 46.0 Å². The van der Waals surface area contributed by atoms with Crippen molar-refractivity contribution in [1.82, 2.24) is 4.90 Å². The average molecular weight is 302 g/mol. The number of nitrogens with two attached hydrogens (primary N) is 1. The van der Waals surface area contributed by atoms with Gasteiger partial charge in [0, 0.05) is 25.6 Å². The van der Waals surface area contributed by atoms with Crippen LogP contribution in [0.4, 0.5) is 8.78 Å². The summed E-state index contributed by atoms with van der Waals surface area (Å²) in [5.41, 5.74) is 5.78. The Morgan fingerprint density at radius 3 is 2.33 bits per heavy atom. The molecule has 3 nitrogen and oxygen atoms in total. The van der Waals surface area contributed by atoms with Crippen molar-refractivity contribution in [2.24, 2.45) is 17.6 Å². The molecule has 1 saturated heterocycles. The zero-order chi connectivity index (χ0) is 15.2. The third kappa shape index (κ3) is 2.97. The van der Waals surface area contributed by atoms with Gasteiger partial charge in [-0.15, -0.1) is 0 Å². The highest BCUT2D eigenvalue weighted by molar-refractivity contribution is 4.98. The minimum atomic E-state index is -2.76. The Morgan fingerprint density at radius 2 is 1.76 bits per heavy atom. The predicted molar refractivity (Wildman–Crippen MR) is 78.4 cm³/mol. The number of halogens is 2. The molecule has 2 N–H and O–H groups in total. The molecule has 5 heteroatoms. The van der Waals surface area contributed by atoms with E-state index in [1.807, 2.05) is 0 Å². The Kier molecular flexibility index (Phi) is 4.27. The van der Waals surface area contributed by atoms with Gasteiger partial charge in [-0.3, -0.25) is 0 Å². The molecule has 0 unspecified atom stereocenters. The maximum atomic E-state index is 13.8. The van der Waals surface area contributed by atoms with E-state index in [0.717, 1.165) is 25.9 Å². The molecule has 0 aromatic rings. The van der Waals surface area contributed by atoms with Gasteiger partial charge < -0.3 is 15.4 Å². The van der Waals surface area contributed by atoms with Gasteiger partial charge in [-0.05, 0) is 51.4 Å². The van der Waals surface area contributed by atoms with Crippen LogP contribution < -0.4 is 5.73 Å². The van der Waals surface area contributed by atoms with E-state index < -0.39 is 18.1 Å². The lowest BCUT2D eigenvalue weighted by atomic mass is 9.88. The number of hydrogen-bond acceptors (Lipinski definition) is 3. The topological polar surface area (TPSA) is 38.5 Å². The largest absolute Gasteiger partial charge is 0.372 e. The van der Waals surface area contributed by atoms with Crippen molar-refractivity contribution < 1.29 is 13.5 Å². The summed E-state index contributed by atoms with van der Waals surface area (Å²) in [7, 11) is 0. The van der Waals surface area contributed by atoms with E-state index >= 15 is 0 Å². The second-order valence-electron chi connectivity index (χ2n) is 7.46. The fourth-order valence-corrected chi connectivity index (χ4v) is 4.36. The minimum absolute atomic E-state index is 0.0906. The van der Waals surface area contributed by atoms with Crippen LogP contribution in [0.2, 0.25) is 0 Å². The number of hydrogen-bond donors (Lipinski definition) is 1. The van der Waals surface area contributed by atoms with Gasteiger partial charge in [0.2, 0.25) is 0 Å². The highest BCUT2D eigenvalue weighted by Gasteiger charge is 2.49. The van der Waals surface area contributed by atoms with Gasteiger partial charge in [-0.1, -0.05) is 0 Å². The maximum Gasteiger partial charge on any atom is 0.265 e. The molecule has 0 aromatic heterocycles. The van der Waals surface area contributed by atoms with Crippen molar-refractivity contribution >= 4 is 0 Å². The van der Waals surface area contributed by atoms with E-state index in [1.165, 1.54) is 0 Å². The summed E-state index contributed by atoms with van der Waals surface area (Å²) in [5, 5.41) is 0. The molecule has 0 radical (unpaired) electrons. The summed E-state index contributed by atoms with van der Waals surface area (Å²) in [6, 6.07) is -0.580. The Balaban J connectivity index is 1.64. The van der Waals surface area contributed by atoms with Crippen LogP contribution in [0.3, 0.4) is 0 Å². The number of likely N-dealkylation sites (tertiary alicyclic amines) is 1. The first-order valence-corrected chi connectivity index (χ1v) is 8.41. The lowest BCUT2D eigenvalue weighted by Crippen LogP contribution is -2.56. The number of piperidine rings is 1. The molecule has 0 aromatic carbocycles. The molecule has 5 atom stereocenters. The van der Waals surface area contributed by atoms with Crippen LogP contribution in [-0.4, -0.2) is 48.2 Å². The molecule has 2 saturated carbocycles. The number of rotatable bonds is 3. The number of ether oxygens (including phenoxy) is 1. The fourth-order valence-electron chi connectivity index (χ4n) is 4.36. The predicted octanol–water partition coefficient (Wildman–Crippen LogP) is 2.64. The third-order valence-corrected chi connectivity index (χ3v) is 5.72. The van der Waals surface area contributed by atoms with E-state index in [9.17, 15) is 8.78 Å². The molecule has 0 amide bonds. The van der Waals surface area contributed by atoms with Gasteiger partial charge in [0.1, 0.15) is 0 Å². The monoisotopic (exact) mass is 302 g/mol. The normalized spacial score (nSPS) is 43.4. The molecular formula is C16H28F2N2O. The van der Waals surface area contributed by atoms with Crippen molar-refractivity contribution in [1.29, 1.82) is 0 Å². The average Bonchev–Trinajstić information content (AvgIpc) is 2.65. The Morgan fingerprint density at radius 1 is 1.14 bits per heavy atom. The summed E-state index contributed by atoms with van der Waals surface area (Å²) >= 11 is 0. The van der Waals surface area contributed by atoms with Crippen molar-refractivity contribution in [2.45, 2.75) is 76.2 Å². The minimum Gasteiger partial charge on any atom is -0.372 e. The molecule has 1 aliphatic heterocycles. The molecule has 3 aliphatic rings. The zero-order valence-electron chi connectivity index (χ0n) is 13.1. The van der Waals surface area contributed by atoms with E-state index in [4.69, 9.17) is 10.5 Å². The van der Waals surface area contributed by atoms with Crippen LogP contribution in [0.15, 0.2) is 0 Å². The first-order valence-electron chi connectivity index (χ1n) is 8.41. The summed E-state index contributed by atoms with van der Waals surface area (Å²) in [6.07, 6.45) is 3.12. The van der Waals surface area contributed by atoms with Crippen LogP contribution in [0.25, 0.3) is 0 Å². The first-order chi connectivity index (χ1) is 9.88. The van der Waals surface area contributed by atoms with Gasteiger partial charge >= 0.3 is 0 Å². The Bertz CT molecular complexity index is 363. The van der Waals surface area contributed by atoms with Crippen LogP contribution >= 0.6 is 0 Å². The zero-order valence-corrected chi connectivity index (χ0v) is 13.1. The van der Waals surface area contributed by atoms with E-state index in [1.54, 1.807) is 0 Å². The molecule has 3 rings (SSSR count). The number of alkyl halides is 2. The second-order valence-corrected chi connectivity index (χ2v) is 7.46. The summed E-state index contributed by atoms with van der Waals surface area (Å²) in [5.74, 6) is -1.77. The summed E-state index contributed by atoms with van der Waals surface area (Å²) in [6.45, 7) is 6.52. The molecule has 2 bridgehead atoms. The molecule has 2 aliphatic carbocycles. The van der Waals surface area contributed by atoms with Gasteiger partial charge in [0.25, 0.3) is 5.92 Å². The standard InChI is InChI=1S/C16H28F2N2O/c1-10(2)20-8-11-5-6-12(9-20)14(11)21-13-4-3-7-16(17,18)15(13)19/h10-15H,3-9,19H2,1-2H3/t11-,12+,13-,14+,15+/m0/s1. The van der Waals surface area contributed by atoms with Gasteiger partial charge in [0.05, 0.1) is 18.2 Å². The molecule has 3 fully saturated rings. The van der Waals surface area contributed by atoms with Gasteiger partial charge in [-0.2, -0.15) is 0 Å². The quantitative estimate of drug-likeness (QED) is 0.871.